The number of cyclic esters (lactones) is 1. The molecule has 0 saturated carbocycles. The van der Waals surface area contributed by atoms with Gasteiger partial charge in [0.2, 0.25) is 0 Å². The maximum atomic E-state index is 11.8. The SMILES string of the molecule is COC(=O)COc1ccc(C=C2N=C(c3ccco3)OC2=O)cc1. The average Bonchev–Trinajstić information content (AvgIpc) is 3.24. The molecule has 0 unspecified atom stereocenters. The lowest BCUT2D eigenvalue weighted by Gasteiger charge is -2.04. The van der Waals surface area contributed by atoms with Gasteiger partial charge in [0.15, 0.2) is 18.1 Å². The number of aliphatic imine (C=N–C) groups is 1. The molecule has 0 bridgehead atoms. The highest BCUT2D eigenvalue weighted by molar-refractivity contribution is 6.11. The van der Waals surface area contributed by atoms with E-state index in [2.05, 4.69) is 9.73 Å². The number of hydrogen-bond acceptors (Lipinski definition) is 7. The lowest BCUT2D eigenvalue weighted by atomic mass is 10.2. The van der Waals surface area contributed by atoms with Gasteiger partial charge in [0.25, 0.3) is 5.90 Å². The first kappa shape index (κ1) is 15.5. The third kappa shape index (κ3) is 3.52. The fourth-order valence-corrected chi connectivity index (χ4v) is 1.93. The van der Waals surface area contributed by atoms with Crippen LogP contribution in [-0.4, -0.2) is 31.6 Å². The van der Waals surface area contributed by atoms with Gasteiger partial charge in [0.05, 0.1) is 13.4 Å². The number of nitrogens with zero attached hydrogens (tertiary/aromatic N) is 1. The molecule has 1 aromatic heterocycles. The largest absolute Gasteiger partial charge is 0.482 e. The second kappa shape index (κ2) is 6.82. The molecule has 1 aliphatic rings. The van der Waals surface area contributed by atoms with Crippen LogP contribution in [0.25, 0.3) is 6.08 Å². The number of hydrogen-bond donors (Lipinski definition) is 0. The Morgan fingerprint density at radius 1 is 1.25 bits per heavy atom. The molecule has 0 amide bonds. The van der Waals surface area contributed by atoms with E-state index in [1.165, 1.54) is 13.4 Å². The van der Waals surface area contributed by atoms with E-state index in [0.29, 0.717) is 11.5 Å². The van der Waals surface area contributed by atoms with E-state index in [1.807, 2.05) is 0 Å². The monoisotopic (exact) mass is 327 g/mol. The Bertz CT molecular complexity index is 802. The Balaban J connectivity index is 1.72. The summed E-state index contributed by atoms with van der Waals surface area (Å²) in [5, 5.41) is 0. The number of ether oxygens (including phenoxy) is 3. The first-order valence-corrected chi connectivity index (χ1v) is 7.02. The zero-order valence-corrected chi connectivity index (χ0v) is 12.7. The first-order valence-electron chi connectivity index (χ1n) is 7.02. The van der Waals surface area contributed by atoms with Gasteiger partial charge < -0.3 is 18.6 Å². The van der Waals surface area contributed by atoms with Crippen LogP contribution in [0.4, 0.5) is 0 Å². The van der Waals surface area contributed by atoms with Crippen molar-refractivity contribution in [1.29, 1.82) is 0 Å². The van der Waals surface area contributed by atoms with E-state index in [4.69, 9.17) is 13.9 Å². The van der Waals surface area contributed by atoms with Crippen molar-refractivity contribution in [2.45, 2.75) is 0 Å². The van der Waals surface area contributed by atoms with Crippen LogP contribution in [0.5, 0.6) is 5.75 Å². The van der Waals surface area contributed by atoms with Gasteiger partial charge in [-0.25, -0.2) is 14.6 Å². The maximum Gasteiger partial charge on any atom is 0.363 e. The molecule has 122 valence electrons. The second-order valence-electron chi connectivity index (χ2n) is 4.75. The molecule has 7 heteroatoms. The van der Waals surface area contributed by atoms with Crippen LogP contribution in [0.1, 0.15) is 11.3 Å². The molecule has 0 N–H and O–H groups in total. The van der Waals surface area contributed by atoms with E-state index in [1.54, 1.807) is 42.5 Å². The van der Waals surface area contributed by atoms with Gasteiger partial charge in [-0.05, 0) is 35.9 Å². The summed E-state index contributed by atoms with van der Waals surface area (Å²) in [5.74, 6) is 0.0195. The van der Waals surface area contributed by atoms with Gasteiger partial charge in [-0.2, -0.15) is 0 Å². The third-order valence-electron chi connectivity index (χ3n) is 3.12. The van der Waals surface area contributed by atoms with E-state index in [0.717, 1.165) is 5.56 Å². The number of carbonyl (C=O) groups is 2. The van der Waals surface area contributed by atoms with Crippen molar-refractivity contribution >= 4 is 23.9 Å². The highest BCUT2D eigenvalue weighted by atomic mass is 16.6. The summed E-state index contributed by atoms with van der Waals surface area (Å²) in [4.78, 5) is 27.0. The van der Waals surface area contributed by atoms with Crippen LogP contribution < -0.4 is 4.74 Å². The Kier molecular flexibility index (Phi) is 4.42. The molecular formula is C17H13NO6. The van der Waals surface area contributed by atoms with Gasteiger partial charge in [0.1, 0.15) is 5.75 Å². The van der Waals surface area contributed by atoms with Crippen LogP contribution >= 0.6 is 0 Å². The van der Waals surface area contributed by atoms with Crippen molar-refractivity contribution in [2.24, 2.45) is 4.99 Å². The second-order valence-corrected chi connectivity index (χ2v) is 4.75. The molecule has 0 fully saturated rings. The summed E-state index contributed by atoms with van der Waals surface area (Å²) in [5.41, 5.74) is 0.904. The Morgan fingerprint density at radius 3 is 2.71 bits per heavy atom. The van der Waals surface area contributed by atoms with Crippen molar-refractivity contribution in [2.75, 3.05) is 13.7 Å². The molecule has 0 aliphatic carbocycles. The standard InChI is InChI=1S/C17H13NO6/c1-21-15(19)10-23-12-6-4-11(5-7-12)9-13-17(20)24-16(18-13)14-3-2-8-22-14/h2-9H,10H2,1H3. The Hall–Kier alpha value is -3.35. The highest BCUT2D eigenvalue weighted by Gasteiger charge is 2.25. The minimum absolute atomic E-state index is 0.134. The molecule has 1 aromatic carbocycles. The van der Waals surface area contributed by atoms with Crippen LogP contribution in [0.15, 0.2) is 57.8 Å². The summed E-state index contributed by atoms with van der Waals surface area (Å²) >= 11 is 0. The van der Waals surface area contributed by atoms with Gasteiger partial charge in [-0.15, -0.1) is 0 Å². The van der Waals surface area contributed by atoms with Crippen LogP contribution in [0, 0.1) is 0 Å². The summed E-state index contributed by atoms with van der Waals surface area (Å²) < 4.78 is 19.9. The molecule has 7 nitrogen and oxygen atoms in total. The normalized spacial score (nSPS) is 15.1. The molecule has 0 spiro atoms. The summed E-state index contributed by atoms with van der Waals surface area (Å²) in [6, 6.07) is 10.1. The molecular weight excluding hydrogens is 314 g/mol. The molecule has 0 radical (unpaired) electrons. The average molecular weight is 327 g/mol. The lowest BCUT2D eigenvalue weighted by Crippen LogP contribution is -2.12. The quantitative estimate of drug-likeness (QED) is 0.618. The molecule has 0 atom stereocenters. The van der Waals surface area contributed by atoms with Crippen molar-refractivity contribution in [1.82, 2.24) is 0 Å². The minimum atomic E-state index is -0.549. The molecule has 1 aliphatic heterocycles. The fraction of sp³-hybridized carbons (Fsp3) is 0.118. The molecule has 3 rings (SSSR count). The first-order chi connectivity index (χ1) is 11.7. The van der Waals surface area contributed by atoms with Crippen molar-refractivity contribution in [3.63, 3.8) is 0 Å². The van der Waals surface area contributed by atoms with Crippen molar-refractivity contribution in [3.8, 4) is 5.75 Å². The number of rotatable bonds is 5. The zero-order chi connectivity index (χ0) is 16.9. The zero-order valence-electron chi connectivity index (χ0n) is 12.7. The molecule has 0 saturated heterocycles. The highest BCUT2D eigenvalue weighted by Crippen LogP contribution is 2.20. The summed E-state index contributed by atoms with van der Waals surface area (Å²) in [6.07, 6.45) is 3.06. The number of methoxy groups -OCH3 is 1. The Morgan fingerprint density at radius 2 is 2.04 bits per heavy atom. The lowest BCUT2D eigenvalue weighted by molar-refractivity contribution is -0.142. The number of esters is 2. The predicted molar refractivity (Wildman–Crippen MR) is 83.3 cm³/mol. The topological polar surface area (TPSA) is 87.3 Å². The molecule has 2 heterocycles. The number of benzene rings is 1. The summed E-state index contributed by atoms with van der Waals surface area (Å²) in [7, 11) is 1.29. The van der Waals surface area contributed by atoms with Gasteiger partial charge in [-0.1, -0.05) is 12.1 Å². The van der Waals surface area contributed by atoms with Crippen LogP contribution in [0.3, 0.4) is 0 Å². The van der Waals surface area contributed by atoms with E-state index >= 15 is 0 Å². The maximum absolute atomic E-state index is 11.8. The summed E-state index contributed by atoms with van der Waals surface area (Å²) in [6.45, 7) is -0.167. The third-order valence-corrected chi connectivity index (χ3v) is 3.12. The van der Waals surface area contributed by atoms with Crippen LogP contribution in [0.2, 0.25) is 0 Å². The van der Waals surface area contributed by atoms with Crippen LogP contribution in [-0.2, 0) is 19.1 Å². The predicted octanol–water partition coefficient (Wildman–Crippen LogP) is 2.18. The van der Waals surface area contributed by atoms with E-state index in [-0.39, 0.29) is 18.2 Å². The van der Waals surface area contributed by atoms with Gasteiger partial charge >= 0.3 is 11.9 Å². The smallest absolute Gasteiger partial charge is 0.363 e. The van der Waals surface area contributed by atoms with Crippen molar-refractivity contribution in [3.05, 3.63) is 59.7 Å². The van der Waals surface area contributed by atoms with E-state index < -0.39 is 11.9 Å². The Labute approximate surface area is 137 Å². The minimum Gasteiger partial charge on any atom is -0.482 e. The van der Waals surface area contributed by atoms with Gasteiger partial charge in [0, 0.05) is 0 Å². The fourth-order valence-electron chi connectivity index (χ4n) is 1.93. The number of carbonyl (C=O) groups excluding carboxylic acids is 2. The molecule has 24 heavy (non-hydrogen) atoms. The van der Waals surface area contributed by atoms with Crippen molar-refractivity contribution < 1.29 is 28.2 Å². The number of furan rings is 1. The van der Waals surface area contributed by atoms with Gasteiger partial charge in [-0.3, -0.25) is 0 Å². The molecule has 2 aromatic rings. The van der Waals surface area contributed by atoms with E-state index in [9.17, 15) is 9.59 Å².